The van der Waals surface area contributed by atoms with Crippen molar-refractivity contribution in [2.24, 2.45) is 9.98 Å². The minimum absolute atomic E-state index is 0.431. The van der Waals surface area contributed by atoms with E-state index in [0.717, 1.165) is 11.1 Å². The summed E-state index contributed by atoms with van der Waals surface area (Å²) in [4.78, 5) is 40.0. The summed E-state index contributed by atoms with van der Waals surface area (Å²) in [5.74, 6) is 0. The first-order valence-electron chi connectivity index (χ1n) is 6.98. The van der Waals surface area contributed by atoms with E-state index in [1.165, 1.54) is 12.2 Å². The molecule has 0 aliphatic carbocycles. The molecule has 0 saturated carbocycles. The number of hydrogen-bond acceptors (Lipinski definition) is 5. The number of nitrogens with one attached hydrogen (secondary N) is 2. The number of anilines is 2. The summed E-state index contributed by atoms with van der Waals surface area (Å²) >= 11 is 0. The Bertz CT molecular complexity index is 808. The Balaban J connectivity index is 2.14. The van der Waals surface area contributed by atoms with E-state index in [1.54, 1.807) is 50.2 Å². The normalized spacial score (nSPS) is 9.42. The largest absolute Gasteiger partial charge is 0.323 e. The van der Waals surface area contributed by atoms with Crippen LogP contribution in [-0.4, -0.2) is 18.2 Å². The zero-order valence-corrected chi connectivity index (χ0v) is 13.1. The van der Waals surface area contributed by atoms with Crippen molar-refractivity contribution in [1.82, 2.24) is 0 Å². The molecule has 0 unspecified atom stereocenters. The SMILES string of the molecule is Cc1ccc(NC(=O)Nc2ccc(C)c(N=C=O)c2)cc1N=C=O. The Morgan fingerprint density at radius 3 is 1.62 bits per heavy atom. The smallest absolute Gasteiger partial charge is 0.308 e. The van der Waals surface area contributed by atoms with E-state index in [1.807, 2.05) is 0 Å². The van der Waals surface area contributed by atoms with Crippen LogP contribution in [0.25, 0.3) is 0 Å². The van der Waals surface area contributed by atoms with E-state index in [0.29, 0.717) is 22.7 Å². The molecular formula is C17H14N4O3. The van der Waals surface area contributed by atoms with E-state index >= 15 is 0 Å². The van der Waals surface area contributed by atoms with Crippen molar-refractivity contribution in [3.8, 4) is 0 Å². The molecule has 0 atom stereocenters. The van der Waals surface area contributed by atoms with Crippen LogP contribution in [0, 0.1) is 13.8 Å². The van der Waals surface area contributed by atoms with Crippen LogP contribution >= 0.6 is 0 Å². The predicted octanol–water partition coefficient (Wildman–Crippen LogP) is 3.88. The predicted molar refractivity (Wildman–Crippen MR) is 90.6 cm³/mol. The third kappa shape index (κ3) is 4.24. The van der Waals surface area contributed by atoms with Gasteiger partial charge in [-0.3, -0.25) is 0 Å². The highest BCUT2D eigenvalue weighted by atomic mass is 16.2. The number of rotatable bonds is 4. The summed E-state index contributed by atoms with van der Waals surface area (Å²) in [6, 6.07) is 9.49. The zero-order valence-electron chi connectivity index (χ0n) is 13.1. The summed E-state index contributed by atoms with van der Waals surface area (Å²) in [6.45, 7) is 3.59. The fourth-order valence-corrected chi connectivity index (χ4v) is 2.01. The molecular weight excluding hydrogens is 308 g/mol. The van der Waals surface area contributed by atoms with Gasteiger partial charge in [0.25, 0.3) is 0 Å². The Kier molecular flexibility index (Phi) is 5.36. The van der Waals surface area contributed by atoms with Crippen LogP contribution in [0.3, 0.4) is 0 Å². The molecule has 7 nitrogen and oxygen atoms in total. The summed E-state index contributed by atoms with van der Waals surface area (Å²) in [6.07, 6.45) is 2.95. The first kappa shape index (κ1) is 16.8. The number of carbonyl (C=O) groups is 1. The van der Waals surface area contributed by atoms with Gasteiger partial charge in [0.15, 0.2) is 0 Å². The van der Waals surface area contributed by atoms with Crippen molar-refractivity contribution in [3.63, 3.8) is 0 Å². The highest BCUT2D eigenvalue weighted by Crippen LogP contribution is 2.24. The topological polar surface area (TPSA) is 100.0 Å². The summed E-state index contributed by atoms with van der Waals surface area (Å²) < 4.78 is 0. The van der Waals surface area contributed by atoms with Crippen molar-refractivity contribution in [3.05, 3.63) is 47.5 Å². The monoisotopic (exact) mass is 322 g/mol. The number of isocyanates is 2. The van der Waals surface area contributed by atoms with Gasteiger partial charge in [-0.15, -0.1) is 0 Å². The van der Waals surface area contributed by atoms with Gasteiger partial charge in [-0.25, -0.2) is 14.4 Å². The van der Waals surface area contributed by atoms with Gasteiger partial charge in [0.2, 0.25) is 12.2 Å². The molecule has 24 heavy (non-hydrogen) atoms. The number of carbonyl (C=O) groups excluding carboxylic acids is 3. The second-order valence-electron chi connectivity index (χ2n) is 4.99. The van der Waals surface area contributed by atoms with Crippen LogP contribution in [0.5, 0.6) is 0 Å². The maximum atomic E-state index is 12.1. The number of benzene rings is 2. The molecule has 7 heteroatoms. The first-order chi connectivity index (χ1) is 11.5. The summed E-state index contributed by atoms with van der Waals surface area (Å²) in [5.41, 5.74) is 3.40. The van der Waals surface area contributed by atoms with E-state index in [2.05, 4.69) is 20.6 Å². The molecule has 0 aliphatic heterocycles. The number of aliphatic imine (C=N–C) groups is 2. The molecule has 0 radical (unpaired) electrons. The van der Waals surface area contributed by atoms with E-state index in [9.17, 15) is 14.4 Å². The lowest BCUT2D eigenvalue weighted by Gasteiger charge is -2.10. The minimum atomic E-state index is -0.482. The van der Waals surface area contributed by atoms with Crippen molar-refractivity contribution in [1.29, 1.82) is 0 Å². The van der Waals surface area contributed by atoms with E-state index in [4.69, 9.17) is 0 Å². The Labute approximate surface area is 138 Å². The maximum absolute atomic E-state index is 12.1. The summed E-state index contributed by atoms with van der Waals surface area (Å²) in [7, 11) is 0. The van der Waals surface area contributed by atoms with Crippen molar-refractivity contribution < 1.29 is 14.4 Å². The summed E-state index contributed by atoms with van der Waals surface area (Å²) in [5, 5.41) is 5.27. The average Bonchev–Trinajstić information content (AvgIpc) is 2.54. The van der Waals surface area contributed by atoms with Crippen molar-refractivity contribution >= 4 is 40.9 Å². The molecule has 0 spiro atoms. The number of aryl methyl sites for hydroxylation is 2. The highest BCUT2D eigenvalue weighted by molar-refractivity contribution is 6.00. The molecule has 0 heterocycles. The number of amides is 2. The lowest BCUT2D eigenvalue weighted by molar-refractivity contribution is 0.262. The van der Waals surface area contributed by atoms with Crippen molar-refractivity contribution in [2.45, 2.75) is 13.8 Å². The Hall–Kier alpha value is -3.53. The second-order valence-corrected chi connectivity index (χ2v) is 4.99. The lowest BCUT2D eigenvalue weighted by atomic mass is 10.2. The fraction of sp³-hybridized carbons (Fsp3) is 0.118. The number of hydrogen-bond donors (Lipinski definition) is 2. The second kappa shape index (κ2) is 7.65. The zero-order chi connectivity index (χ0) is 17.5. The molecule has 2 N–H and O–H groups in total. The third-order valence-corrected chi connectivity index (χ3v) is 3.27. The van der Waals surface area contributed by atoms with Gasteiger partial charge < -0.3 is 10.6 Å². The molecule has 2 aromatic carbocycles. The molecule has 2 amide bonds. The van der Waals surface area contributed by atoms with Gasteiger partial charge in [0.05, 0.1) is 11.4 Å². The van der Waals surface area contributed by atoms with Crippen LogP contribution in [0.15, 0.2) is 46.4 Å². The van der Waals surface area contributed by atoms with Gasteiger partial charge >= 0.3 is 6.03 Å². The molecule has 0 fully saturated rings. The van der Waals surface area contributed by atoms with Crippen LogP contribution in [-0.2, 0) is 9.59 Å². The highest BCUT2D eigenvalue weighted by Gasteiger charge is 2.06. The fourth-order valence-electron chi connectivity index (χ4n) is 2.01. The molecule has 2 rings (SSSR count). The quantitative estimate of drug-likeness (QED) is 0.659. The van der Waals surface area contributed by atoms with E-state index < -0.39 is 6.03 Å². The molecule has 0 saturated heterocycles. The van der Waals surface area contributed by atoms with Gasteiger partial charge in [0, 0.05) is 11.4 Å². The average molecular weight is 322 g/mol. The van der Waals surface area contributed by atoms with Crippen LogP contribution in [0.4, 0.5) is 27.5 Å². The van der Waals surface area contributed by atoms with Crippen LogP contribution in [0.2, 0.25) is 0 Å². The molecule has 0 bridgehead atoms. The number of nitrogens with zero attached hydrogens (tertiary/aromatic N) is 2. The van der Waals surface area contributed by atoms with Gasteiger partial charge in [0.1, 0.15) is 0 Å². The van der Waals surface area contributed by atoms with Gasteiger partial charge in [-0.05, 0) is 49.2 Å². The van der Waals surface area contributed by atoms with Gasteiger partial charge in [-0.2, -0.15) is 9.98 Å². The molecule has 0 aliphatic rings. The molecule has 0 aromatic heterocycles. The Morgan fingerprint density at radius 1 is 0.833 bits per heavy atom. The third-order valence-electron chi connectivity index (χ3n) is 3.27. The standard InChI is InChI=1S/C17H14N4O3/c1-11-3-5-13(7-15(11)18-9-22)20-17(24)21-14-6-4-12(2)16(8-14)19-10-23/h3-8H,1-2H3,(H2,20,21,24). The van der Waals surface area contributed by atoms with Crippen LogP contribution < -0.4 is 10.6 Å². The van der Waals surface area contributed by atoms with Gasteiger partial charge in [-0.1, -0.05) is 12.1 Å². The van der Waals surface area contributed by atoms with Crippen molar-refractivity contribution in [2.75, 3.05) is 10.6 Å². The lowest BCUT2D eigenvalue weighted by Crippen LogP contribution is -2.19. The molecule has 2 aromatic rings. The van der Waals surface area contributed by atoms with Crippen LogP contribution in [0.1, 0.15) is 11.1 Å². The molecule has 120 valence electrons. The van der Waals surface area contributed by atoms with E-state index in [-0.39, 0.29) is 0 Å². The number of urea groups is 1. The first-order valence-corrected chi connectivity index (χ1v) is 6.98. The minimum Gasteiger partial charge on any atom is -0.308 e. The maximum Gasteiger partial charge on any atom is 0.323 e. The Morgan fingerprint density at radius 2 is 1.25 bits per heavy atom.